The predicted molar refractivity (Wildman–Crippen MR) is 82.7 cm³/mol. The van der Waals surface area contributed by atoms with E-state index in [-0.39, 0.29) is 17.9 Å². The number of nitrogens with zero attached hydrogens (tertiary/aromatic N) is 1. The Morgan fingerprint density at radius 1 is 1.43 bits per heavy atom. The zero-order valence-electron chi connectivity index (χ0n) is 12.3. The maximum Gasteiger partial charge on any atom is 0.251 e. The molecule has 5 heteroatoms. The van der Waals surface area contributed by atoms with Crippen LogP contribution in [0.2, 0.25) is 0 Å². The van der Waals surface area contributed by atoms with Crippen LogP contribution in [0.1, 0.15) is 43.0 Å². The van der Waals surface area contributed by atoms with Gasteiger partial charge >= 0.3 is 0 Å². The van der Waals surface area contributed by atoms with Crippen LogP contribution >= 0.6 is 0 Å². The van der Waals surface area contributed by atoms with Crippen molar-refractivity contribution in [3.05, 3.63) is 23.8 Å². The molecule has 3 rings (SSSR count). The number of hydrogen-bond donors (Lipinski definition) is 2. The molecule has 1 atom stereocenters. The predicted octanol–water partition coefficient (Wildman–Crippen LogP) is 2.14. The van der Waals surface area contributed by atoms with E-state index >= 15 is 0 Å². The van der Waals surface area contributed by atoms with Gasteiger partial charge in [-0.1, -0.05) is 6.92 Å². The van der Waals surface area contributed by atoms with E-state index in [1.165, 1.54) is 0 Å². The zero-order valence-corrected chi connectivity index (χ0v) is 12.3. The van der Waals surface area contributed by atoms with Crippen LogP contribution in [0.25, 0.3) is 0 Å². The Labute approximate surface area is 124 Å². The van der Waals surface area contributed by atoms with E-state index in [0.29, 0.717) is 12.1 Å². The molecular weight excluding hydrogens is 266 g/mol. The van der Waals surface area contributed by atoms with Crippen LogP contribution in [-0.2, 0) is 4.79 Å². The number of carbonyl (C=O) groups is 2. The first kappa shape index (κ1) is 13.9. The Morgan fingerprint density at radius 3 is 3.10 bits per heavy atom. The summed E-state index contributed by atoms with van der Waals surface area (Å²) in [4.78, 5) is 26.4. The topological polar surface area (TPSA) is 61.4 Å². The molecule has 2 aliphatic heterocycles. The molecule has 1 aromatic rings. The van der Waals surface area contributed by atoms with Gasteiger partial charge in [-0.2, -0.15) is 0 Å². The summed E-state index contributed by atoms with van der Waals surface area (Å²) in [7, 11) is 0. The highest BCUT2D eigenvalue weighted by molar-refractivity contribution is 6.05. The molecule has 0 radical (unpaired) electrons. The van der Waals surface area contributed by atoms with E-state index in [1.807, 2.05) is 19.1 Å². The smallest absolute Gasteiger partial charge is 0.251 e. The lowest BCUT2D eigenvalue weighted by molar-refractivity contribution is -0.118. The van der Waals surface area contributed by atoms with Crippen LogP contribution in [0, 0.1) is 0 Å². The second-order valence-electron chi connectivity index (χ2n) is 5.68. The van der Waals surface area contributed by atoms with Gasteiger partial charge in [-0.25, -0.2) is 0 Å². The SMILES string of the molecule is CCCNC(=O)c1ccc2c(c1)NC(=O)C1CCCCN21. The summed E-state index contributed by atoms with van der Waals surface area (Å²) < 4.78 is 0. The molecule has 2 heterocycles. The molecule has 2 N–H and O–H groups in total. The van der Waals surface area contributed by atoms with Crippen molar-refractivity contribution in [2.75, 3.05) is 23.3 Å². The Balaban J connectivity index is 1.87. The van der Waals surface area contributed by atoms with Crippen molar-refractivity contribution < 1.29 is 9.59 Å². The summed E-state index contributed by atoms with van der Waals surface area (Å²) in [5.74, 6) is -0.0389. The maximum atomic E-state index is 12.2. The standard InChI is InChI=1S/C16H21N3O2/c1-2-8-17-15(20)11-6-7-13-12(10-11)18-16(21)14-5-3-4-9-19(13)14/h6-7,10,14H,2-5,8-9H2,1H3,(H,17,20)(H,18,21). The molecule has 21 heavy (non-hydrogen) atoms. The largest absolute Gasteiger partial charge is 0.358 e. The number of piperidine rings is 1. The van der Waals surface area contributed by atoms with E-state index in [2.05, 4.69) is 15.5 Å². The molecular formula is C16H21N3O2. The van der Waals surface area contributed by atoms with Crippen LogP contribution in [0.5, 0.6) is 0 Å². The lowest BCUT2D eigenvalue weighted by Gasteiger charge is -2.41. The average Bonchev–Trinajstić information content (AvgIpc) is 2.52. The second kappa shape index (κ2) is 5.76. The highest BCUT2D eigenvalue weighted by atomic mass is 16.2. The molecule has 1 saturated heterocycles. The number of nitrogens with one attached hydrogen (secondary N) is 2. The van der Waals surface area contributed by atoms with Gasteiger partial charge in [-0.05, 0) is 43.9 Å². The van der Waals surface area contributed by atoms with Crippen molar-refractivity contribution >= 4 is 23.2 Å². The monoisotopic (exact) mass is 287 g/mol. The summed E-state index contributed by atoms with van der Waals surface area (Å²) in [6.45, 7) is 3.59. The van der Waals surface area contributed by atoms with Gasteiger partial charge in [0.1, 0.15) is 6.04 Å². The molecule has 1 fully saturated rings. The lowest BCUT2D eigenvalue weighted by Crippen LogP contribution is -2.50. The fourth-order valence-corrected chi connectivity index (χ4v) is 3.08. The molecule has 0 aromatic heterocycles. The van der Waals surface area contributed by atoms with Crippen molar-refractivity contribution in [2.45, 2.75) is 38.6 Å². The molecule has 0 aliphatic carbocycles. The number of fused-ring (bicyclic) bond motifs is 3. The first-order chi connectivity index (χ1) is 10.2. The fourth-order valence-electron chi connectivity index (χ4n) is 3.08. The third-order valence-electron chi connectivity index (χ3n) is 4.17. The van der Waals surface area contributed by atoms with Gasteiger partial charge in [-0.3, -0.25) is 9.59 Å². The Kier molecular flexibility index (Phi) is 3.82. The van der Waals surface area contributed by atoms with E-state index in [4.69, 9.17) is 0 Å². The minimum absolute atomic E-state index is 0.0494. The summed E-state index contributed by atoms with van der Waals surface area (Å²) in [5.41, 5.74) is 2.38. The maximum absolute atomic E-state index is 12.2. The molecule has 0 bridgehead atoms. The number of carbonyl (C=O) groups excluding carboxylic acids is 2. The van der Waals surface area contributed by atoms with E-state index in [9.17, 15) is 9.59 Å². The third kappa shape index (κ3) is 2.60. The first-order valence-corrected chi connectivity index (χ1v) is 7.70. The molecule has 0 spiro atoms. The van der Waals surface area contributed by atoms with E-state index in [1.54, 1.807) is 6.07 Å². The summed E-state index contributed by atoms with van der Waals surface area (Å²) in [6.07, 6.45) is 4.02. The minimum atomic E-state index is -0.0883. The van der Waals surface area contributed by atoms with E-state index in [0.717, 1.165) is 43.6 Å². The molecule has 2 amide bonds. The number of anilines is 2. The zero-order chi connectivity index (χ0) is 14.8. The summed E-state index contributed by atoms with van der Waals surface area (Å²) in [6, 6.07) is 5.52. The lowest BCUT2D eigenvalue weighted by atomic mass is 9.97. The quantitative estimate of drug-likeness (QED) is 0.895. The fraction of sp³-hybridized carbons (Fsp3) is 0.500. The summed E-state index contributed by atoms with van der Waals surface area (Å²) in [5, 5.41) is 5.81. The Hall–Kier alpha value is -2.04. The number of hydrogen-bond acceptors (Lipinski definition) is 3. The van der Waals surface area contributed by atoms with Crippen LogP contribution in [0.4, 0.5) is 11.4 Å². The van der Waals surface area contributed by atoms with Crippen molar-refractivity contribution in [3.63, 3.8) is 0 Å². The van der Waals surface area contributed by atoms with Gasteiger partial charge in [0.05, 0.1) is 11.4 Å². The Morgan fingerprint density at radius 2 is 2.29 bits per heavy atom. The minimum Gasteiger partial charge on any atom is -0.358 e. The molecule has 1 aromatic carbocycles. The van der Waals surface area contributed by atoms with Gasteiger partial charge in [0, 0.05) is 18.7 Å². The van der Waals surface area contributed by atoms with Crippen LogP contribution in [0.15, 0.2) is 18.2 Å². The van der Waals surface area contributed by atoms with Gasteiger partial charge in [0.25, 0.3) is 5.91 Å². The van der Waals surface area contributed by atoms with Crippen molar-refractivity contribution in [2.24, 2.45) is 0 Å². The third-order valence-corrected chi connectivity index (χ3v) is 4.17. The Bertz CT molecular complexity index is 571. The molecule has 5 nitrogen and oxygen atoms in total. The van der Waals surface area contributed by atoms with Crippen molar-refractivity contribution in [3.8, 4) is 0 Å². The number of amides is 2. The highest BCUT2D eigenvalue weighted by Crippen LogP contribution is 2.36. The van der Waals surface area contributed by atoms with Crippen LogP contribution < -0.4 is 15.5 Å². The number of rotatable bonds is 3. The van der Waals surface area contributed by atoms with Gasteiger partial charge in [0.2, 0.25) is 5.91 Å². The molecule has 2 aliphatic rings. The average molecular weight is 287 g/mol. The second-order valence-corrected chi connectivity index (χ2v) is 5.68. The van der Waals surface area contributed by atoms with Gasteiger partial charge < -0.3 is 15.5 Å². The van der Waals surface area contributed by atoms with Crippen molar-refractivity contribution in [1.82, 2.24) is 5.32 Å². The van der Waals surface area contributed by atoms with Gasteiger partial charge in [-0.15, -0.1) is 0 Å². The van der Waals surface area contributed by atoms with Crippen LogP contribution in [0.3, 0.4) is 0 Å². The van der Waals surface area contributed by atoms with Crippen LogP contribution in [-0.4, -0.2) is 30.9 Å². The molecule has 0 saturated carbocycles. The van der Waals surface area contributed by atoms with Gasteiger partial charge in [0.15, 0.2) is 0 Å². The summed E-state index contributed by atoms with van der Waals surface area (Å²) >= 11 is 0. The van der Waals surface area contributed by atoms with E-state index < -0.39 is 0 Å². The number of benzene rings is 1. The van der Waals surface area contributed by atoms with Crippen molar-refractivity contribution in [1.29, 1.82) is 0 Å². The first-order valence-electron chi connectivity index (χ1n) is 7.70. The molecule has 1 unspecified atom stereocenters. The normalized spacial score (nSPS) is 20.3. The molecule has 112 valence electrons. The highest BCUT2D eigenvalue weighted by Gasteiger charge is 2.34.